The SMILES string of the molecule is CC(C)CC1N=NCN1[N+](=O)[O-]. The van der Waals surface area contributed by atoms with Crippen molar-refractivity contribution in [2.45, 2.75) is 26.4 Å². The molecule has 0 aromatic heterocycles. The van der Waals surface area contributed by atoms with Crippen LogP contribution in [0.15, 0.2) is 10.2 Å². The highest BCUT2D eigenvalue weighted by atomic mass is 16.7. The Bertz CT molecular complexity index is 204. The third-order valence-corrected chi connectivity index (χ3v) is 1.66. The zero-order valence-electron chi connectivity index (χ0n) is 7.17. The summed E-state index contributed by atoms with van der Waals surface area (Å²) in [5.74, 6) is 0.398. The maximum absolute atomic E-state index is 10.4. The van der Waals surface area contributed by atoms with Crippen molar-refractivity contribution >= 4 is 0 Å². The average molecular weight is 172 g/mol. The van der Waals surface area contributed by atoms with Crippen LogP contribution >= 0.6 is 0 Å². The van der Waals surface area contributed by atoms with E-state index >= 15 is 0 Å². The monoisotopic (exact) mass is 172 g/mol. The second kappa shape index (κ2) is 3.46. The van der Waals surface area contributed by atoms with Crippen molar-refractivity contribution in [3.63, 3.8) is 0 Å². The van der Waals surface area contributed by atoms with Gasteiger partial charge >= 0.3 is 0 Å². The molecule has 1 aliphatic rings. The lowest BCUT2D eigenvalue weighted by Crippen LogP contribution is -2.35. The molecular formula is C6H12N4O2. The Hall–Kier alpha value is -1.20. The zero-order valence-corrected chi connectivity index (χ0v) is 7.17. The predicted octanol–water partition coefficient (Wildman–Crippen LogP) is 1.28. The largest absolute Gasteiger partial charge is 0.235 e. The van der Waals surface area contributed by atoms with E-state index in [4.69, 9.17) is 0 Å². The van der Waals surface area contributed by atoms with Gasteiger partial charge in [-0.25, -0.2) is 10.1 Å². The van der Waals surface area contributed by atoms with Gasteiger partial charge in [-0.2, -0.15) is 10.2 Å². The Kier molecular flexibility index (Phi) is 2.57. The van der Waals surface area contributed by atoms with Gasteiger partial charge in [0.2, 0.25) is 6.17 Å². The third-order valence-electron chi connectivity index (χ3n) is 1.66. The summed E-state index contributed by atoms with van der Waals surface area (Å²) in [6, 6.07) is 0. The van der Waals surface area contributed by atoms with Crippen molar-refractivity contribution < 1.29 is 5.03 Å². The predicted molar refractivity (Wildman–Crippen MR) is 41.8 cm³/mol. The summed E-state index contributed by atoms with van der Waals surface area (Å²) in [5.41, 5.74) is 0. The van der Waals surface area contributed by atoms with Crippen LogP contribution in [0.5, 0.6) is 0 Å². The maximum atomic E-state index is 10.4. The number of nitrogens with zero attached hydrogens (tertiary/aromatic N) is 4. The van der Waals surface area contributed by atoms with Crippen molar-refractivity contribution in [1.29, 1.82) is 0 Å². The molecule has 0 bridgehead atoms. The normalized spacial score (nSPS) is 22.2. The Morgan fingerprint density at radius 2 is 2.42 bits per heavy atom. The molecule has 6 nitrogen and oxygen atoms in total. The van der Waals surface area contributed by atoms with Gasteiger partial charge in [0, 0.05) is 0 Å². The quantitative estimate of drug-likeness (QED) is 0.475. The molecule has 0 aromatic carbocycles. The van der Waals surface area contributed by atoms with Crippen molar-refractivity contribution in [2.24, 2.45) is 16.1 Å². The molecule has 0 spiro atoms. The highest BCUT2D eigenvalue weighted by Gasteiger charge is 2.30. The molecule has 68 valence electrons. The molecule has 0 saturated heterocycles. The Morgan fingerprint density at radius 3 is 2.92 bits per heavy atom. The van der Waals surface area contributed by atoms with E-state index in [1.807, 2.05) is 13.8 Å². The molecule has 6 heteroatoms. The Balaban J connectivity index is 2.51. The summed E-state index contributed by atoms with van der Waals surface area (Å²) in [6.45, 7) is 4.10. The Morgan fingerprint density at radius 1 is 1.75 bits per heavy atom. The summed E-state index contributed by atoms with van der Waals surface area (Å²) >= 11 is 0. The number of hydrogen-bond acceptors (Lipinski definition) is 4. The first-order valence-electron chi connectivity index (χ1n) is 3.89. The van der Waals surface area contributed by atoms with Crippen LogP contribution < -0.4 is 0 Å². The molecule has 1 atom stereocenters. The van der Waals surface area contributed by atoms with Gasteiger partial charge in [-0.05, 0) is 12.3 Å². The van der Waals surface area contributed by atoms with E-state index in [1.54, 1.807) is 0 Å². The molecule has 0 fully saturated rings. The van der Waals surface area contributed by atoms with E-state index in [9.17, 15) is 10.1 Å². The average Bonchev–Trinajstić information content (AvgIpc) is 2.33. The highest BCUT2D eigenvalue weighted by molar-refractivity contribution is 4.66. The lowest BCUT2D eigenvalue weighted by atomic mass is 10.1. The fourth-order valence-electron chi connectivity index (χ4n) is 1.10. The number of hydrogen-bond donors (Lipinski definition) is 0. The van der Waals surface area contributed by atoms with E-state index in [0.29, 0.717) is 12.3 Å². The second-order valence-electron chi connectivity index (χ2n) is 3.19. The molecule has 0 N–H and O–H groups in total. The molecule has 0 aromatic rings. The molecule has 0 amide bonds. The number of azo groups is 1. The third kappa shape index (κ3) is 1.90. The van der Waals surface area contributed by atoms with Crippen LogP contribution in [-0.4, -0.2) is 22.9 Å². The molecule has 0 aliphatic carbocycles. The molecular weight excluding hydrogens is 160 g/mol. The summed E-state index contributed by atoms with van der Waals surface area (Å²) in [6.07, 6.45) is 0.324. The van der Waals surface area contributed by atoms with Gasteiger partial charge in [-0.3, -0.25) is 0 Å². The fraction of sp³-hybridized carbons (Fsp3) is 1.00. The zero-order chi connectivity index (χ0) is 9.14. The van der Waals surface area contributed by atoms with Crippen molar-refractivity contribution in [1.82, 2.24) is 5.01 Å². The lowest BCUT2D eigenvalue weighted by molar-refractivity contribution is -0.660. The molecule has 1 unspecified atom stereocenters. The van der Waals surface area contributed by atoms with Crippen LogP contribution in [0.4, 0.5) is 0 Å². The fourth-order valence-corrected chi connectivity index (χ4v) is 1.10. The van der Waals surface area contributed by atoms with Gasteiger partial charge in [0.05, 0.1) is 0 Å². The van der Waals surface area contributed by atoms with Gasteiger partial charge in [0.1, 0.15) is 0 Å². The summed E-state index contributed by atoms with van der Waals surface area (Å²) in [4.78, 5) is 10.4. The molecule has 1 aliphatic heterocycles. The van der Waals surface area contributed by atoms with E-state index < -0.39 is 5.03 Å². The minimum absolute atomic E-state index is 0.0877. The van der Waals surface area contributed by atoms with Gasteiger partial charge in [-0.15, -0.1) is 0 Å². The van der Waals surface area contributed by atoms with Gasteiger partial charge in [0.25, 0.3) is 0 Å². The minimum atomic E-state index is -0.437. The first kappa shape index (κ1) is 8.89. The first-order valence-corrected chi connectivity index (χ1v) is 3.89. The molecule has 1 heterocycles. The number of hydrazine groups is 1. The molecule has 12 heavy (non-hydrogen) atoms. The number of rotatable bonds is 3. The number of nitro groups is 1. The van der Waals surface area contributed by atoms with Crippen molar-refractivity contribution in [3.8, 4) is 0 Å². The second-order valence-corrected chi connectivity index (χ2v) is 3.19. The topological polar surface area (TPSA) is 71.1 Å². The molecule has 0 saturated carbocycles. The van der Waals surface area contributed by atoms with E-state index in [-0.39, 0.29) is 12.8 Å². The van der Waals surface area contributed by atoms with Crippen molar-refractivity contribution in [2.75, 3.05) is 6.67 Å². The highest BCUT2D eigenvalue weighted by Crippen LogP contribution is 2.17. The standard InChI is InChI=1S/C6H12N4O2/c1-5(2)3-6-8-7-4-9(6)10(11)12/h5-6H,3-4H2,1-2H3. The van der Waals surface area contributed by atoms with Crippen LogP contribution in [-0.2, 0) is 0 Å². The minimum Gasteiger partial charge on any atom is -0.235 e. The van der Waals surface area contributed by atoms with Crippen LogP contribution in [0.1, 0.15) is 20.3 Å². The van der Waals surface area contributed by atoms with Crippen LogP contribution in [0.3, 0.4) is 0 Å². The van der Waals surface area contributed by atoms with Gasteiger partial charge in [0.15, 0.2) is 11.7 Å². The van der Waals surface area contributed by atoms with E-state index in [1.165, 1.54) is 0 Å². The molecule has 1 rings (SSSR count). The smallest absolute Gasteiger partial charge is 0.201 e. The van der Waals surface area contributed by atoms with Gasteiger partial charge < -0.3 is 0 Å². The van der Waals surface area contributed by atoms with Crippen LogP contribution in [0.25, 0.3) is 0 Å². The Labute approximate surface area is 70.4 Å². The van der Waals surface area contributed by atoms with Gasteiger partial charge in [-0.1, -0.05) is 18.9 Å². The van der Waals surface area contributed by atoms with Crippen LogP contribution in [0, 0.1) is 16.0 Å². The summed E-state index contributed by atoms with van der Waals surface area (Å²) in [5, 5.41) is 18.4. The van der Waals surface area contributed by atoms with E-state index in [0.717, 1.165) is 5.01 Å². The van der Waals surface area contributed by atoms with Crippen LogP contribution in [0.2, 0.25) is 0 Å². The lowest BCUT2D eigenvalue weighted by Gasteiger charge is -2.14. The van der Waals surface area contributed by atoms with Crippen molar-refractivity contribution in [3.05, 3.63) is 10.1 Å². The summed E-state index contributed by atoms with van der Waals surface area (Å²) in [7, 11) is 0. The maximum Gasteiger partial charge on any atom is 0.201 e. The summed E-state index contributed by atoms with van der Waals surface area (Å²) < 4.78 is 0. The molecule has 0 radical (unpaired) electrons. The van der Waals surface area contributed by atoms with E-state index in [2.05, 4.69) is 10.2 Å². The first-order chi connectivity index (χ1) is 5.61.